The number of nitrogens with two attached hydrogens (primary N) is 2. The maximum Gasteiger partial charge on any atom is 0.337 e. The van der Waals surface area contributed by atoms with E-state index >= 15 is 0 Å². The number of carbonyl (C=O) groups is 2. The Morgan fingerprint density at radius 1 is 1.11 bits per heavy atom. The van der Waals surface area contributed by atoms with Gasteiger partial charge in [-0.15, -0.1) is 0 Å². The Morgan fingerprint density at radius 2 is 1.81 bits per heavy atom. The number of halogens is 1. The molecule has 11 heteroatoms. The summed E-state index contributed by atoms with van der Waals surface area (Å²) in [5.74, 6) is -0.544. The molecule has 0 bridgehead atoms. The number of primary amides is 1. The lowest BCUT2D eigenvalue weighted by Crippen LogP contribution is -2.58. The second-order valence-corrected chi connectivity index (χ2v) is 9.74. The number of aromatic nitrogens is 2. The molecule has 2 aliphatic heterocycles. The van der Waals surface area contributed by atoms with E-state index in [2.05, 4.69) is 31.6 Å². The summed E-state index contributed by atoms with van der Waals surface area (Å²) < 4.78 is 4.78. The van der Waals surface area contributed by atoms with Crippen LogP contribution in [0, 0.1) is 0 Å². The lowest BCUT2D eigenvalue weighted by molar-refractivity contribution is 0.0598. The molecule has 1 unspecified atom stereocenters. The molecule has 2 saturated heterocycles. The maximum absolute atomic E-state index is 11.6. The molecule has 2 aliphatic rings. The summed E-state index contributed by atoms with van der Waals surface area (Å²) in [6.45, 7) is 7.56. The first kappa shape index (κ1) is 26.1. The van der Waals surface area contributed by atoms with Gasteiger partial charge < -0.3 is 21.1 Å². The van der Waals surface area contributed by atoms with E-state index in [0.29, 0.717) is 23.5 Å². The van der Waals surface area contributed by atoms with Crippen LogP contribution in [-0.4, -0.2) is 83.6 Å². The number of likely N-dealkylation sites (tertiary alicyclic amines) is 1. The van der Waals surface area contributed by atoms with Gasteiger partial charge in [0.15, 0.2) is 22.5 Å². The minimum absolute atomic E-state index is 0.00434. The van der Waals surface area contributed by atoms with E-state index in [9.17, 15) is 9.59 Å². The summed E-state index contributed by atoms with van der Waals surface area (Å²) in [6.07, 6.45) is 3.22. The average Bonchev–Trinajstić information content (AvgIpc) is 2.89. The number of rotatable bonds is 7. The fourth-order valence-electron chi connectivity index (χ4n) is 5.24. The molecular formula is C25H34ClN7O3. The minimum Gasteiger partial charge on any atom is -0.465 e. The van der Waals surface area contributed by atoms with Crippen molar-refractivity contribution >= 4 is 35.1 Å². The van der Waals surface area contributed by atoms with Crippen LogP contribution >= 0.6 is 11.6 Å². The van der Waals surface area contributed by atoms with Crippen molar-refractivity contribution in [2.75, 3.05) is 50.5 Å². The Labute approximate surface area is 216 Å². The Morgan fingerprint density at radius 3 is 2.42 bits per heavy atom. The molecule has 1 aromatic heterocycles. The predicted octanol–water partition coefficient (Wildman–Crippen LogP) is 2.16. The maximum atomic E-state index is 11.6. The molecule has 1 atom stereocenters. The molecule has 1 amide bonds. The number of hydrogen-bond donors (Lipinski definition) is 2. The highest BCUT2D eigenvalue weighted by molar-refractivity contribution is 6.32. The van der Waals surface area contributed by atoms with Crippen LogP contribution in [0.1, 0.15) is 52.6 Å². The lowest BCUT2D eigenvalue weighted by atomic mass is 9.97. The average molecular weight is 516 g/mol. The van der Waals surface area contributed by atoms with Crippen molar-refractivity contribution in [3.8, 4) is 0 Å². The Balaban J connectivity index is 1.33. The van der Waals surface area contributed by atoms with Crippen molar-refractivity contribution in [2.24, 2.45) is 5.73 Å². The van der Waals surface area contributed by atoms with Crippen LogP contribution in [-0.2, 0) is 11.3 Å². The summed E-state index contributed by atoms with van der Waals surface area (Å²) in [4.78, 5) is 38.8. The molecule has 36 heavy (non-hydrogen) atoms. The minimum atomic E-state index is -0.741. The summed E-state index contributed by atoms with van der Waals surface area (Å²) in [5.41, 5.74) is 12.9. The summed E-state index contributed by atoms with van der Waals surface area (Å²) in [6, 6.07) is 8.54. The molecule has 10 nitrogen and oxygen atoms in total. The molecule has 0 spiro atoms. The highest BCUT2D eigenvalue weighted by Crippen LogP contribution is 2.29. The first-order valence-corrected chi connectivity index (χ1v) is 12.7. The predicted molar refractivity (Wildman–Crippen MR) is 139 cm³/mol. The number of piperidine rings is 1. The standard InChI is InChI=1S/C25H34ClN7O3/c1-3-18-15-32(24-21(26)29-20(23(28)34)22(27)30-24)12-13-33(18)19-8-10-31(11-9-19)14-16-4-6-17(7-5-16)25(35)36-2/h4-7,18-19H,3,8-15H2,1-2H3,(H2,27,30)(H2,28,34). The van der Waals surface area contributed by atoms with E-state index in [4.69, 9.17) is 27.8 Å². The van der Waals surface area contributed by atoms with Crippen molar-refractivity contribution < 1.29 is 14.3 Å². The Kier molecular flexibility index (Phi) is 8.28. The van der Waals surface area contributed by atoms with Crippen LogP contribution in [0.2, 0.25) is 5.15 Å². The van der Waals surface area contributed by atoms with Gasteiger partial charge in [-0.3, -0.25) is 14.6 Å². The van der Waals surface area contributed by atoms with Gasteiger partial charge in [-0.25, -0.2) is 14.8 Å². The number of methoxy groups -OCH3 is 1. The van der Waals surface area contributed by atoms with E-state index in [-0.39, 0.29) is 22.6 Å². The van der Waals surface area contributed by atoms with E-state index < -0.39 is 5.91 Å². The molecule has 0 aliphatic carbocycles. The van der Waals surface area contributed by atoms with Gasteiger partial charge >= 0.3 is 5.97 Å². The van der Waals surface area contributed by atoms with Gasteiger partial charge in [-0.1, -0.05) is 30.7 Å². The van der Waals surface area contributed by atoms with Crippen molar-refractivity contribution in [3.63, 3.8) is 0 Å². The Bertz CT molecular complexity index is 1090. The summed E-state index contributed by atoms with van der Waals surface area (Å²) in [5, 5.41) is 0.147. The number of benzene rings is 1. The zero-order chi connectivity index (χ0) is 25.8. The third-order valence-corrected chi connectivity index (χ3v) is 7.46. The SMILES string of the molecule is CCC1CN(c2nc(N)c(C(N)=O)nc2Cl)CCN1C1CCN(Cc2ccc(C(=O)OC)cc2)CC1. The molecular weight excluding hydrogens is 482 g/mol. The topological polar surface area (TPSA) is 131 Å². The fraction of sp³-hybridized carbons (Fsp3) is 0.520. The van der Waals surface area contributed by atoms with Gasteiger partial charge in [0, 0.05) is 38.3 Å². The highest BCUT2D eigenvalue weighted by Gasteiger charge is 2.34. The second-order valence-electron chi connectivity index (χ2n) is 9.38. The van der Waals surface area contributed by atoms with Crippen LogP contribution in [0.3, 0.4) is 0 Å². The van der Waals surface area contributed by atoms with Gasteiger partial charge in [0.25, 0.3) is 5.91 Å². The number of carbonyl (C=O) groups excluding carboxylic acids is 2. The third-order valence-electron chi connectivity index (χ3n) is 7.20. The van der Waals surface area contributed by atoms with Gasteiger partial charge in [0.05, 0.1) is 12.7 Å². The molecule has 4 N–H and O–H groups in total. The van der Waals surface area contributed by atoms with E-state index in [0.717, 1.165) is 58.5 Å². The smallest absolute Gasteiger partial charge is 0.337 e. The van der Waals surface area contributed by atoms with Crippen LogP contribution < -0.4 is 16.4 Å². The molecule has 3 heterocycles. The summed E-state index contributed by atoms with van der Waals surface area (Å²) in [7, 11) is 1.39. The first-order chi connectivity index (χ1) is 17.3. The van der Waals surface area contributed by atoms with E-state index in [1.807, 2.05) is 24.3 Å². The quantitative estimate of drug-likeness (QED) is 0.532. The highest BCUT2D eigenvalue weighted by atomic mass is 35.5. The molecule has 4 rings (SSSR count). The largest absolute Gasteiger partial charge is 0.465 e. The zero-order valence-corrected chi connectivity index (χ0v) is 21.6. The number of nitrogens with zero attached hydrogens (tertiary/aromatic N) is 5. The van der Waals surface area contributed by atoms with Crippen molar-refractivity contribution in [1.82, 2.24) is 19.8 Å². The number of esters is 1. The molecule has 194 valence electrons. The monoisotopic (exact) mass is 515 g/mol. The van der Waals surface area contributed by atoms with Crippen LogP contribution in [0.4, 0.5) is 11.6 Å². The number of piperazine rings is 1. The van der Waals surface area contributed by atoms with Gasteiger partial charge in [0.2, 0.25) is 0 Å². The van der Waals surface area contributed by atoms with Crippen molar-refractivity contribution in [2.45, 2.75) is 44.8 Å². The van der Waals surface area contributed by atoms with Crippen molar-refractivity contribution in [3.05, 3.63) is 46.2 Å². The second kappa shape index (κ2) is 11.4. The third kappa shape index (κ3) is 5.71. The summed E-state index contributed by atoms with van der Waals surface area (Å²) >= 11 is 6.35. The van der Waals surface area contributed by atoms with Crippen LogP contribution in [0.15, 0.2) is 24.3 Å². The van der Waals surface area contributed by atoms with E-state index in [1.54, 1.807) is 0 Å². The van der Waals surface area contributed by atoms with Gasteiger partial charge in [-0.05, 0) is 50.0 Å². The number of hydrogen-bond acceptors (Lipinski definition) is 9. The molecule has 0 saturated carbocycles. The Hall–Kier alpha value is -2.95. The van der Waals surface area contributed by atoms with Gasteiger partial charge in [-0.2, -0.15) is 0 Å². The van der Waals surface area contributed by atoms with Crippen LogP contribution in [0.5, 0.6) is 0 Å². The van der Waals surface area contributed by atoms with E-state index in [1.165, 1.54) is 12.7 Å². The number of ether oxygens (including phenoxy) is 1. The molecule has 1 aromatic carbocycles. The van der Waals surface area contributed by atoms with Crippen molar-refractivity contribution in [1.29, 1.82) is 0 Å². The number of amides is 1. The molecule has 0 radical (unpaired) electrons. The fourth-order valence-corrected chi connectivity index (χ4v) is 5.48. The lowest BCUT2D eigenvalue weighted by Gasteiger charge is -2.47. The molecule has 2 aromatic rings. The normalized spacial score (nSPS) is 19.9. The number of anilines is 2. The van der Waals surface area contributed by atoms with Crippen LogP contribution in [0.25, 0.3) is 0 Å². The zero-order valence-electron chi connectivity index (χ0n) is 20.8. The van der Waals surface area contributed by atoms with Gasteiger partial charge in [0.1, 0.15) is 0 Å². The first-order valence-electron chi connectivity index (χ1n) is 12.3. The molecule has 2 fully saturated rings. The number of nitrogen functional groups attached to an aromatic ring is 1.